The number of carbonyl (C=O) groups excluding carboxylic acids is 1. The molecule has 4 heteroatoms. The average molecular weight is 303 g/mol. The molecule has 2 rings (SSSR count). The van der Waals surface area contributed by atoms with E-state index >= 15 is 0 Å². The van der Waals surface area contributed by atoms with Crippen LogP contribution in [0.15, 0.2) is 48.5 Å². The number of rotatable bonds is 6. The van der Waals surface area contributed by atoms with E-state index in [0.29, 0.717) is 11.4 Å². The van der Waals surface area contributed by atoms with Crippen LogP contribution >= 0.6 is 11.6 Å². The predicted molar refractivity (Wildman–Crippen MR) is 89.0 cm³/mol. The van der Waals surface area contributed by atoms with Crippen LogP contribution in [0.1, 0.15) is 18.9 Å². The van der Waals surface area contributed by atoms with Crippen molar-refractivity contribution in [3.8, 4) is 0 Å². The summed E-state index contributed by atoms with van der Waals surface area (Å²) in [6.45, 7) is 3.07. The molecule has 110 valence electrons. The first-order chi connectivity index (χ1) is 10.2. The van der Waals surface area contributed by atoms with Crippen LogP contribution in [0.25, 0.3) is 0 Å². The summed E-state index contributed by atoms with van der Waals surface area (Å²) >= 11 is 5.82. The van der Waals surface area contributed by atoms with Crippen LogP contribution < -0.4 is 10.6 Å². The normalized spacial score (nSPS) is 10.2. The highest BCUT2D eigenvalue weighted by atomic mass is 35.5. The second-order valence-corrected chi connectivity index (χ2v) is 5.29. The van der Waals surface area contributed by atoms with Crippen molar-refractivity contribution in [1.29, 1.82) is 0 Å². The van der Waals surface area contributed by atoms with Gasteiger partial charge in [-0.15, -0.1) is 0 Å². The van der Waals surface area contributed by atoms with Crippen molar-refractivity contribution < 1.29 is 4.79 Å². The van der Waals surface area contributed by atoms with Gasteiger partial charge in [0, 0.05) is 22.9 Å². The number of halogens is 1. The number of amides is 1. The van der Waals surface area contributed by atoms with Crippen molar-refractivity contribution >= 4 is 28.9 Å². The molecule has 0 aliphatic rings. The molecule has 0 aliphatic heterocycles. The lowest BCUT2D eigenvalue weighted by Gasteiger charge is -2.08. The average Bonchev–Trinajstić information content (AvgIpc) is 2.49. The zero-order valence-corrected chi connectivity index (χ0v) is 12.8. The highest BCUT2D eigenvalue weighted by Crippen LogP contribution is 2.15. The predicted octanol–water partition coefficient (Wildman–Crippen LogP) is 4.34. The Balaban J connectivity index is 1.88. The molecule has 1 amide bonds. The van der Waals surface area contributed by atoms with Gasteiger partial charge in [-0.3, -0.25) is 4.79 Å². The second kappa shape index (κ2) is 7.70. The molecule has 2 N–H and O–H groups in total. The van der Waals surface area contributed by atoms with Crippen molar-refractivity contribution in [3.05, 3.63) is 59.1 Å². The molecule has 0 aromatic heterocycles. The van der Waals surface area contributed by atoms with E-state index in [1.165, 1.54) is 0 Å². The van der Waals surface area contributed by atoms with Crippen molar-refractivity contribution in [3.63, 3.8) is 0 Å². The first-order valence-electron chi connectivity index (χ1n) is 7.05. The van der Waals surface area contributed by atoms with E-state index in [1.54, 1.807) is 12.1 Å². The molecule has 0 bridgehead atoms. The van der Waals surface area contributed by atoms with Gasteiger partial charge >= 0.3 is 0 Å². The molecule has 0 unspecified atom stereocenters. The minimum absolute atomic E-state index is 0.0356. The van der Waals surface area contributed by atoms with Crippen molar-refractivity contribution in [1.82, 2.24) is 0 Å². The lowest BCUT2D eigenvalue weighted by atomic mass is 10.1. The quantitative estimate of drug-likeness (QED) is 0.833. The van der Waals surface area contributed by atoms with Gasteiger partial charge in [0.1, 0.15) is 0 Å². The van der Waals surface area contributed by atoms with Crippen LogP contribution in [0.3, 0.4) is 0 Å². The monoisotopic (exact) mass is 302 g/mol. The molecule has 0 aliphatic carbocycles. The number of hydrogen-bond donors (Lipinski definition) is 2. The summed E-state index contributed by atoms with van der Waals surface area (Å²) < 4.78 is 0. The van der Waals surface area contributed by atoms with Gasteiger partial charge < -0.3 is 10.6 Å². The first-order valence-corrected chi connectivity index (χ1v) is 7.43. The Morgan fingerprint density at radius 3 is 2.24 bits per heavy atom. The van der Waals surface area contributed by atoms with Crippen LogP contribution in [-0.4, -0.2) is 12.5 Å². The van der Waals surface area contributed by atoms with Crippen molar-refractivity contribution in [2.24, 2.45) is 0 Å². The molecule has 0 heterocycles. The standard InChI is InChI=1S/C17H19ClN2O/c1-2-11-19-15-7-9-16(10-8-15)20-17(21)12-13-3-5-14(18)6-4-13/h3-10,19H,2,11-12H2,1H3,(H,20,21). The Morgan fingerprint density at radius 2 is 1.62 bits per heavy atom. The van der Waals surface area contributed by atoms with E-state index < -0.39 is 0 Å². The minimum atomic E-state index is -0.0356. The zero-order chi connectivity index (χ0) is 15.1. The van der Waals surface area contributed by atoms with E-state index in [0.717, 1.165) is 29.9 Å². The summed E-state index contributed by atoms with van der Waals surface area (Å²) in [5.41, 5.74) is 2.81. The molecule has 2 aromatic carbocycles. The van der Waals surface area contributed by atoms with E-state index in [4.69, 9.17) is 11.6 Å². The van der Waals surface area contributed by atoms with Gasteiger partial charge in [0.25, 0.3) is 0 Å². The summed E-state index contributed by atoms with van der Waals surface area (Å²) in [7, 11) is 0. The fraction of sp³-hybridized carbons (Fsp3) is 0.235. The third kappa shape index (κ3) is 5.12. The van der Waals surface area contributed by atoms with Crippen LogP contribution in [0.4, 0.5) is 11.4 Å². The lowest BCUT2D eigenvalue weighted by Crippen LogP contribution is -2.14. The molecule has 0 atom stereocenters. The van der Waals surface area contributed by atoms with E-state index in [-0.39, 0.29) is 5.91 Å². The van der Waals surface area contributed by atoms with Crippen molar-refractivity contribution in [2.75, 3.05) is 17.2 Å². The molecule has 2 aromatic rings. The second-order valence-electron chi connectivity index (χ2n) is 4.86. The van der Waals surface area contributed by atoms with E-state index in [1.807, 2.05) is 36.4 Å². The molecular weight excluding hydrogens is 284 g/mol. The van der Waals surface area contributed by atoms with Gasteiger partial charge in [-0.05, 0) is 48.4 Å². The van der Waals surface area contributed by atoms with Gasteiger partial charge in [-0.1, -0.05) is 30.7 Å². The number of benzene rings is 2. The Bertz CT molecular complexity index is 579. The fourth-order valence-electron chi connectivity index (χ4n) is 1.93. The summed E-state index contributed by atoms with van der Waals surface area (Å²) in [6.07, 6.45) is 1.42. The summed E-state index contributed by atoms with van der Waals surface area (Å²) in [6, 6.07) is 15.0. The molecular formula is C17H19ClN2O. The molecule has 3 nitrogen and oxygen atoms in total. The Kier molecular flexibility index (Phi) is 5.64. The smallest absolute Gasteiger partial charge is 0.228 e. The Labute approximate surface area is 130 Å². The van der Waals surface area contributed by atoms with Gasteiger partial charge in [0.2, 0.25) is 5.91 Å². The molecule has 0 saturated carbocycles. The van der Waals surface area contributed by atoms with Crippen LogP contribution in [0.2, 0.25) is 5.02 Å². The number of hydrogen-bond acceptors (Lipinski definition) is 2. The fourth-order valence-corrected chi connectivity index (χ4v) is 2.06. The summed E-state index contributed by atoms with van der Waals surface area (Å²) in [5.74, 6) is -0.0356. The highest BCUT2D eigenvalue weighted by Gasteiger charge is 2.04. The Morgan fingerprint density at radius 1 is 1.00 bits per heavy atom. The van der Waals surface area contributed by atoms with Gasteiger partial charge in [-0.2, -0.15) is 0 Å². The van der Waals surface area contributed by atoms with Crippen molar-refractivity contribution in [2.45, 2.75) is 19.8 Å². The Hall–Kier alpha value is -2.00. The number of carbonyl (C=O) groups is 1. The lowest BCUT2D eigenvalue weighted by molar-refractivity contribution is -0.115. The van der Waals surface area contributed by atoms with Gasteiger partial charge in [-0.25, -0.2) is 0 Å². The largest absolute Gasteiger partial charge is 0.385 e. The van der Waals surface area contributed by atoms with Gasteiger partial charge in [0.15, 0.2) is 0 Å². The third-order valence-corrected chi connectivity index (χ3v) is 3.28. The molecule has 0 radical (unpaired) electrons. The topological polar surface area (TPSA) is 41.1 Å². The molecule has 0 saturated heterocycles. The van der Waals surface area contributed by atoms with Crippen LogP contribution in [0, 0.1) is 0 Å². The third-order valence-electron chi connectivity index (χ3n) is 3.03. The molecule has 21 heavy (non-hydrogen) atoms. The maximum atomic E-state index is 12.0. The van der Waals surface area contributed by atoms with E-state index in [9.17, 15) is 4.79 Å². The van der Waals surface area contributed by atoms with E-state index in [2.05, 4.69) is 17.6 Å². The molecule has 0 fully saturated rings. The maximum Gasteiger partial charge on any atom is 0.228 e. The molecule has 0 spiro atoms. The summed E-state index contributed by atoms with van der Waals surface area (Å²) in [4.78, 5) is 12.0. The first kappa shape index (κ1) is 15.4. The maximum absolute atomic E-state index is 12.0. The summed E-state index contributed by atoms with van der Waals surface area (Å²) in [5, 5.41) is 6.86. The number of anilines is 2. The minimum Gasteiger partial charge on any atom is -0.385 e. The van der Waals surface area contributed by atoms with Crippen LogP contribution in [0.5, 0.6) is 0 Å². The SMILES string of the molecule is CCCNc1ccc(NC(=O)Cc2ccc(Cl)cc2)cc1. The number of nitrogens with one attached hydrogen (secondary N) is 2. The van der Waals surface area contributed by atoms with Crippen LogP contribution in [-0.2, 0) is 11.2 Å². The van der Waals surface area contributed by atoms with Gasteiger partial charge in [0.05, 0.1) is 6.42 Å². The highest BCUT2D eigenvalue weighted by molar-refractivity contribution is 6.30. The zero-order valence-electron chi connectivity index (χ0n) is 12.0.